The van der Waals surface area contributed by atoms with E-state index in [1.165, 1.54) is 0 Å². The molecule has 35 heavy (non-hydrogen) atoms. The van der Waals surface area contributed by atoms with E-state index in [4.69, 9.17) is 4.74 Å². The molecule has 0 saturated heterocycles. The van der Waals surface area contributed by atoms with Crippen LogP contribution in [0.4, 0.5) is 0 Å². The molecule has 2 aromatic rings. The van der Waals surface area contributed by atoms with Gasteiger partial charge >= 0.3 is 0 Å². The summed E-state index contributed by atoms with van der Waals surface area (Å²) in [5.74, 6) is 0.241. The molecule has 0 radical (unpaired) electrons. The Morgan fingerprint density at radius 1 is 0.914 bits per heavy atom. The molecule has 0 heterocycles. The van der Waals surface area contributed by atoms with E-state index in [-0.39, 0.29) is 29.7 Å². The van der Waals surface area contributed by atoms with Gasteiger partial charge in [-0.1, -0.05) is 26.0 Å². The normalized spacial score (nSPS) is 15.9. The average Bonchev–Trinajstić information content (AvgIpc) is 3.77. The Morgan fingerprint density at radius 3 is 2.06 bits per heavy atom. The zero-order valence-corrected chi connectivity index (χ0v) is 20.8. The summed E-state index contributed by atoms with van der Waals surface area (Å²) in [6, 6.07) is 14.3. The van der Waals surface area contributed by atoms with E-state index < -0.39 is 6.04 Å². The summed E-state index contributed by atoms with van der Waals surface area (Å²) in [5, 5.41) is 5.95. The third kappa shape index (κ3) is 6.62. The predicted molar refractivity (Wildman–Crippen MR) is 134 cm³/mol. The van der Waals surface area contributed by atoms with Gasteiger partial charge in [-0.3, -0.25) is 14.4 Å². The predicted octanol–water partition coefficient (Wildman–Crippen LogP) is 3.92. The molecule has 0 spiro atoms. The van der Waals surface area contributed by atoms with Gasteiger partial charge in [0.2, 0.25) is 5.91 Å². The minimum atomic E-state index is -0.627. The highest BCUT2D eigenvalue weighted by Crippen LogP contribution is 2.30. The molecule has 2 saturated carbocycles. The van der Waals surface area contributed by atoms with E-state index in [9.17, 15) is 14.4 Å². The first-order valence-electron chi connectivity index (χ1n) is 12.6. The van der Waals surface area contributed by atoms with E-state index >= 15 is 0 Å². The van der Waals surface area contributed by atoms with Gasteiger partial charge < -0.3 is 20.3 Å². The fourth-order valence-corrected chi connectivity index (χ4v) is 4.01. The number of hydrogen-bond donors (Lipinski definition) is 2. The molecule has 1 unspecified atom stereocenters. The van der Waals surface area contributed by atoms with Gasteiger partial charge in [0, 0.05) is 29.8 Å². The van der Waals surface area contributed by atoms with Crippen molar-refractivity contribution in [3.05, 3.63) is 65.2 Å². The summed E-state index contributed by atoms with van der Waals surface area (Å²) in [6.45, 7) is 6.81. The molecule has 3 amide bonds. The van der Waals surface area contributed by atoms with Crippen molar-refractivity contribution in [3.8, 4) is 5.75 Å². The summed E-state index contributed by atoms with van der Waals surface area (Å²) in [6.07, 6.45) is 4.03. The standard InChI is InChI=1S/C28H35N3O4/c1-4-35-24-15-9-21(10-16-24)27(33)30-25(18(2)3)28(34)31(23-13-14-23)17-19-5-7-20(8-6-19)26(32)29-22-11-12-22/h5-10,15-16,18,22-23,25H,4,11-14,17H2,1-3H3,(H,29,32)(H,30,33). The van der Waals surface area contributed by atoms with E-state index in [2.05, 4.69) is 10.6 Å². The van der Waals surface area contributed by atoms with Gasteiger partial charge in [0.25, 0.3) is 11.8 Å². The second kappa shape index (κ2) is 10.9. The number of rotatable bonds is 11. The lowest BCUT2D eigenvalue weighted by molar-refractivity contribution is -0.135. The van der Waals surface area contributed by atoms with E-state index in [1.54, 1.807) is 24.3 Å². The largest absolute Gasteiger partial charge is 0.494 e. The molecule has 1 atom stereocenters. The Kier molecular flexibility index (Phi) is 7.73. The maximum absolute atomic E-state index is 13.6. The van der Waals surface area contributed by atoms with Crippen molar-refractivity contribution >= 4 is 17.7 Å². The molecule has 2 aliphatic rings. The number of ether oxygens (including phenoxy) is 1. The van der Waals surface area contributed by atoms with Gasteiger partial charge in [0.1, 0.15) is 11.8 Å². The molecule has 2 N–H and O–H groups in total. The van der Waals surface area contributed by atoms with Crippen molar-refractivity contribution < 1.29 is 19.1 Å². The second-order valence-electron chi connectivity index (χ2n) is 9.79. The molecule has 7 heteroatoms. The summed E-state index contributed by atoms with van der Waals surface area (Å²) in [4.78, 5) is 40.7. The first-order valence-corrected chi connectivity index (χ1v) is 12.6. The second-order valence-corrected chi connectivity index (χ2v) is 9.79. The van der Waals surface area contributed by atoms with Crippen molar-refractivity contribution in [1.82, 2.24) is 15.5 Å². The SMILES string of the molecule is CCOc1ccc(C(=O)NC(C(=O)N(Cc2ccc(C(=O)NC3CC3)cc2)C2CC2)C(C)C)cc1. The Morgan fingerprint density at radius 2 is 1.51 bits per heavy atom. The molecular formula is C28H35N3O4. The number of carbonyl (C=O) groups is 3. The fraction of sp³-hybridized carbons (Fsp3) is 0.464. The van der Waals surface area contributed by atoms with Crippen LogP contribution in [0.1, 0.15) is 72.7 Å². The first kappa shape index (κ1) is 24.8. The molecule has 7 nitrogen and oxygen atoms in total. The number of nitrogens with zero attached hydrogens (tertiary/aromatic N) is 1. The molecule has 0 bridgehead atoms. The number of hydrogen-bond acceptors (Lipinski definition) is 4. The van der Waals surface area contributed by atoms with E-state index in [0.29, 0.717) is 36.1 Å². The van der Waals surface area contributed by atoms with Crippen LogP contribution in [0.15, 0.2) is 48.5 Å². The van der Waals surface area contributed by atoms with Crippen LogP contribution in [-0.2, 0) is 11.3 Å². The summed E-state index contributed by atoms with van der Waals surface area (Å²) < 4.78 is 5.44. The molecule has 2 aromatic carbocycles. The fourth-order valence-electron chi connectivity index (χ4n) is 4.01. The molecule has 186 valence electrons. The smallest absolute Gasteiger partial charge is 0.251 e. The Labute approximate surface area is 207 Å². The van der Waals surface area contributed by atoms with Crippen LogP contribution in [0.5, 0.6) is 5.75 Å². The Balaban J connectivity index is 1.42. The number of benzene rings is 2. The van der Waals surface area contributed by atoms with Crippen LogP contribution in [0.3, 0.4) is 0 Å². The van der Waals surface area contributed by atoms with Gasteiger partial charge in [-0.25, -0.2) is 0 Å². The highest BCUT2D eigenvalue weighted by atomic mass is 16.5. The number of nitrogens with one attached hydrogen (secondary N) is 2. The van der Waals surface area contributed by atoms with E-state index in [1.807, 2.05) is 49.9 Å². The van der Waals surface area contributed by atoms with Crippen LogP contribution in [0, 0.1) is 5.92 Å². The van der Waals surface area contributed by atoms with Crippen molar-refractivity contribution in [3.63, 3.8) is 0 Å². The summed E-state index contributed by atoms with van der Waals surface area (Å²) >= 11 is 0. The van der Waals surface area contributed by atoms with Crippen molar-refractivity contribution in [1.29, 1.82) is 0 Å². The van der Waals surface area contributed by atoms with Crippen molar-refractivity contribution in [2.75, 3.05) is 6.61 Å². The van der Waals surface area contributed by atoms with Crippen molar-refractivity contribution in [2.45, 2.75) is 71.1 Å². The maximum Gasteiger partial charge on any atom is 0.251 e. The number of carbonyl (C=O) groups excluding carboxylic acids is 3. The minimum Gasteiger partial charge on any atom is -0.494 e. The molecule has 2 fully saturated rings. The topological polar surface area (TPSA) is 87.7 Å². The van der Waals surface area contributed by atoms with Gasteiger partial charge in [0.05, 0.1) is 6.61 Å². The summed E-state index contributed by atoms with van der Waals surface area (Å²) in [5.41, 5.74) is 2.09. The van der Waals surface area contributed by atoms with Crippen LogP contribution >= 0.6 is 0 Å². The summed E-state index contributed by atoms with van der Waals surface area (Å²) in [7, 11) is 0. The molecule has 0 aliphatic heterocycles. The number of amides is 3. The lowest BCUT2D eigenvalue weighted by atomic mass is 10.0. The van der Waals surface area contributed by atoms with Crippen LogP contribution in [0.25, 0.3) is 0 Å². The highest BCUT2D eigenvalue weighted by Gasteiger charge is 2.37. The minimum absolute atomic E-state index is 0.0500. The maximum atomic E-state index is 13.6. The van der Waals surface area contributed by atoms with Gasteiger partial charge in [-0.2, -0.15) is 0 Å². The quantitative estimate of drug-likeness (QED) is 0.514. The monoisotopic (exact) mass is 477 g/mol. The molecule has 2 aliphatic carbocycles. The van der Waals surface area contributed by atoms with Crippen LogP contribution < -0.4 is 15.4 Å². The lowest BCUT2D eigenvalue weighted by Gasteiger charge is -2.30. The molecule has 4 rings (SSSR count). The van der Waals surface area contributed by atoms with Gasteiger partial charge in [-0.05, 0) is 80.5 Å². The zero-order valence-electron chi connectivity index (χ0n) is 20.8. The molecule has 0 aromatic heterocycles. The van der Waals surface area contributed by atoms with Crippen LogP contribution in [-0.4, -0.2) is 47.4 Å². The van der Waals surface area contributed by atoms with Crippen molar-refractivity contribution in [2.24, 2.45) is 5.92 Å². The Hall–Kier alpha value is -3.35. The zero-order chi connectivity index (χ0) is 24.9. The average molecular weight is 478 g/mol. The highest BCUT2D eigenvalue weighted by molar-refractivity contribution is 5.98. The lowest BCUT2D eigenvalue weighted by Crippen LogP contribution is -2.51. The van der Waals surface area contributed by atoms with E-state index in [0.717, 1.165) is 31.2 Å². The Bertz CT molecular complexity index is 1040. The van der Waals surface area contributed by atoms with Gasteiger partial charge in [-0.15, -0.1) is 0 Å². The third-order valence-corrected chi connectivity index (χ3v) is 6.40. The first-order chi connectivity index (χ1) is 16.9. The third-order valence-electron chi connectivity index (χ3n) is 6.40. The van der Waals surface area contributed by atoms with Gasteiger partial charge in [0.15, 0.2) is 0 Å². The van der Waals surface area contributed by atoms with Crippen LogP contribution in [0.2, 0.25) is 0 Å². The molecular weight excluding hydrogens is 442 g/mol.